The third-order valence-electron chi connectivity index (χ3n) is 6.85. The van der Waals surface area contributed by atoms with Crippen LogP contribution in [0, 0.1) is 0 Å². The fourth-order valence-corrected chi connectivity index (χ4v) is 5.69. The molecule has 4 rings (SSSR count). The van der Waals surface area contributed by atoms with Crippen molar-refractivity contribution in [3.05, 3.63) is 28.5 Å². The lowest BCUT2D eigenvalue weighted by Gasteiger charge is -2.30. The number of piperidine rings is 1. The van der Waals surface area contributed by atoms with Crippen molar-refractivity contribution >= 4 is 29.0 Å². The number of carbonyl (C=O) groups excluding carboxylic acids is 2. The van der Waals surface area contributed by atoms with Gasteiger partial charge < -0.3 is 20.6 Å². The number of aliphatic hydroxyl groups is 1. The second-order valence-electron chi connectivity index (χ2n) is 11.1. The van der Waals surface area contributed by atoms with Gasteiger partial charge in [-0.05, 0) is 45.6 Å². The van der Waals surface area contributed by atoms with E-state index in [1.807, 2.05) is 0 Å². The maximum Gasteiger partial charge on any atom is 0.419 e. The first-order chi connectivity index (χ1) is 19.0. The summed E-state index contributed by atoms with van der Waals surface area (Å²) < 4.78 is 83.8. The second kappa shape index (κ2) is 11.7. The monoisotopic (exact) mass is 607 g/mol. The highest BCUT2D eigenvalue weighted by atomic mass is 32.1. The Kier molecular flexibility index (Phi) is 8.88. The molecule has 3 heterocycles. The summed E-state index contributed by atoms with van der Waals surface area (Å²) >= 11 is 0.671. The minimum atomic E-state index is -4.92. The molecular formula is C26H31F6N5O3S. The predicted octanol–water partition coefficient (Wildman–Crippen LogP) is 5.29. The summed E-state index contributed by atoms with van der Waals surface area (Å²) in [7, 11) is 0. The van der Waals surface area contributed by atoms with Gasteiger partial charge in [-0.3, -0.25) is 9.59 Å². The number of anilines is 1. The van der Waals surface area contributed by atoms with Crippen molar-refractivity contribution in [1.82, 2.24) is 20.2 Å². The number of halogens is 6. The number of thiazole rings is 1. The Morgan fingerprint density at radius 1 is 1.20 bits per heavy atom. The van der Waals surface area contributed by atoms with Gasteiger partial charge >= 0.3 is 6.18 Å². The van der Waals surface area contributed by atoms with Gasteiger partial charge in [-0.25, -0.2) is 23.1 Å². The highest BCUT2D eigenvalue weighted by Gasteiger charge is 2.40. The Morgan fingerprint density at radius 3 is 2.49 bits per heavy atom. The van der Waals surface area contributed by atoms with E-state index in [0.29, 0.717) is 11.3 Å². The van der Waals surface area contributed by atoms with E-state index in [1.54, 1.807) is 0 Å². The fraction of sp³-hybridized carbons (Fsp3) is 0.615. The lowest BCUT2D eigenvalue weighted by atomic mass is 9.92. The van der Waals surface area contributed by atoms with Gasteiger partial charge in [0.2, 0.25) is 5.92 Å². The summed E-state index contributed by atoms with van der Waals surface area (Å²) in [6, 6.07) is -0.171. The largest absolute Gasteiger partial charge is 0.419 e. The first-order valence-corrected chi connectivity index (χ1v) is 14.0. The van der Waals surface area contributed by atoms with E-state index in [2.05, 4.69) is 20.6 Å². The molecule has 41 heavy (non-hydrogen) atoms. The fourth-order valence-electron chi connectivity index (χ4n) is 4.74. The van der Waals surface area contributed by atoms with Crippen LogP contribution in [0.4, 0.5) is 32.2 Å². The summed E-state index contributed by atoms with van der Waals surface area (Å²) in [5.74, 6) is -5.04. The normalized spacial score (nSPS) is 20.1. The lowest BCUT2D eigenvalue weighted by Crippen LogP contribution is -2.39. The first-order valence-electron chi connectivity index (χ1n) is 13.2. The van der Waals surface area contributed by atoms with Crippen LogP contribution in [0.1, 0.15) is 78.2 Å². The lowest BCUT2D eigenvalue weighted by molar-refractivity contribution is -0.137. The van der Waals surface area contributed by atoms with Gasteiger partial charge in [0.1, 0.15) is 17.7 Å². The Morgan fingerprint density at radius 2 is 1.88 bits per heavy atom. The van der Waals surface area contributed by atoms with Crippen LogP contribution < -0.4 is 10.6 Å². The van der Waals surface area contributed by atoms with Crippen LogP contribution in [0.15, 0.2) is 12.3 Å². The van der Waals surface area contributed by atoms with Gasteiger partial charge in [-0.15, -0.1) is 11.3 Å². The Labute approximate surface area is 236 Å². The molecule has 2 aliphatic rings. The molecule has 226 valence electrons. The highest BCUT2D eigenvalue weighted by molar-refractivity contribution is 7.17. The third kappa shape index (κ3) is 7.87. The van der Waals surface area contributed by atoms with Crippen LogP contribution in [0.3, 0.4) is 0 Å². The molecule has 1 aliphatic carbocycles. The Bertz CT molecular complexity index is 1270. The molecule has 2 aromatic heterocycles. The zero-order valence-electron chi connectivity index (χ0n) is 22.5. The average molecular weight is 608 g/mol. The van der Waals surface area contributed by atoms with Gasteiger partial charge in [0.25, 0.3) is 11.8 Å². The number of pyridine rings is 1. The van der Waals surface area contributed by atoms with Crippen molar-refractivity contribution in [3.63, 3.8) is 0 Å². The number of hydrogen-bond donors (Lipinski definition) is 3. The maximum absolute atomic E-state index is 14.1. The number of rotatable bonds is 7. The number of amides is 2. The molecule has 0 aromatic carbocycles. The molecule has 1 atom stereocenters. The van der Waals surface area contributed by atoms with E-state index in [-0.39, 0.29) is 72.9 Å². The summed E-state index contributed by atoms with van der Waals surface area (Å²) in [5.41, 5.74) is -2.92. The van der Waals surface area contributed by atoms with Crippen LogP contribution in [0.25, 0.3) is 10.4 Å². The zero-order valence-corrected chi connectivity index (χ0v) is 23.3. The average Bonchev–Trinajstić information content (AvgIpc) is 3.31. The van der Waals surface area contributed by atoms with Crippen molar-refractivity contribution in [2.75, 3.05) is 25.0 Å². The van der Waals surface area contributed by atoms with E-state index >= 15 is 0 Å². The Hall–Kier alpha value is -2.94. The third-order valence-corrected chi connectivity index (χ3v) is 7.96. The molecule has 1 aliphatic heterocycles. The first kappa shape index (κ1) is 31.0. The number of alkyl halides is 6. The van der Waals surface area contributed by atoms with Crippen molar-refractivity contribution < 1.29 is 41.0 Å². The minimum Gasteiger partial charge on any atom is -0.389 e. The minimum absolute atomic E-state index is 0.0560. The molecule has 3 N–H and O–H groups in total. The number of hydrogen-bond acceptors (Lipinski definition) is 7. The molecule has 1 saturated heterocycles. The van der Waals surface area contributed by atoms with Crippen LogP contribution >= 0.6 is 11.3 Å². The van der Waals surface area contributed by atoms with Gasteiger partial charge in [0.15, 0.2) is 5.01 Å². The second-order valence-corrected chi connectivity index (χ2v) is 12.1. The van der Waals surface area contributed by atoms with Crippen molar-refractivity contribution in [2.24, 2.45) is 0 Å². The molecule has 1 saturated carbocycles. The molecule has 8 nitrogen and oxygen atoms in total. The summed E-state index contributed by atoms with van der Waals surface area (Å²) in [4.78, 5) is 35.5. The van der Waals surface area contributed by atoms with Crippen LogP contribution in [0.5, 0.6) is 0 Å². The van der Waals surface area contributed by atoms with E-state index in [4.69, 9.17) is 0 Å². The number of carbonyl (C=O) groups is 2. The maximum atomic E-state index is 14.1. The SMILES string of the molecule is CC(C)(O)CNC(=O)c1nc(C(=O)N2CCC(F)CC2)c(-c2cnc(NC3CCCC(F)(F)C3)c(C(F)(F)F)c2)s1. The van der Waals surface area contributed by atoms with Crippen molar-refractivity contribution in [2.45, 2.75) is 82.3 Å². The number of likely N-dealkylation sites (tertiary alicyclic amines) is 1. The molecule has 2 amide bonds. The molecular weight excluding hydrogens is 576 g/mol. The predicted molar refractivity (Wildman–Crippen MR) is 140 cm³/mol. The van der Waals surface area contributed by atoms with Gasteiger partial charge in [-0.2, -0.15) is 13.2 Å². The van der Waals surface area contributed by atoms with Gasteiger partial charge in [0, 0.05) is 50.3 Å². The molecule has 1 unspecified atom stereocenters. The van der Waals surface area contributed by atoms with E-state index < -0.39 is 59.5 Å². The van der Waals surface area contributed by atoms with Gasteiger partial charge in [0.05, 0.1) is 16.0 Å². The molecule has 0 spiro atoms. The standard InChI is InChI=1S/C26H31F6N5O3S/c1-24(2,40)13-34-21(38)22-36-18(23(39)37-8-5-15(27)6-9-37)19(41-22)14-10-17(26(30,31)32)20(33-12-14)35-16-4-3-7-25(28,29)11-16/h10,12,15-16,40H,3-9,11,13H2,1-2H3,(H,33,35)(H,34,38). The quantitative estimate of drug-likeness (QED) is 0.370. The molecule has 2 aromatic rings. The number of aromatic nitrogens is 2. The molecule has 15 heteroatoms. The van der Waals surface area contributed by atoms with Gasteiger partial charge in [-0.1, -0.05) is 0 Å². The van der Waals surface area contributed by atoms with E-state index in [1.165, 1.54) is 18.7 Å². The molecule has 0 radical (unpaired) electrons. The Balaban J connectivity index is 1.71. The molecule has 2 fully saturated rings. The van der Waals surface area contributed by atoms with Crippen LogP contribution in [0.2, 0.25) is 0 Å². The highest BCUT2D eigenvalue weighted by Crippen LogP contribution is 2.41. The topological polar surface area (TPSA) is 107 Å². The van der Waals surface area contributed by atoms with Crippen molar-refractivity contribution in [3.8, 4) is 10.4 Å². The summed E-state index contributed by atoms with van der Waals surface area (Å²) in [5, 5.41) is 14.7. The zero-order chi connectivity index (χ0) is 30.2. The molecule has 0 bridgehead atoms. The summed E-state index contributed by atoms with van der Waals surface area (Å²) in [6.45, 7) is 2.89. The van der Waals surface area contributed by atoms with Crippen molar-refractivity contribution in [1.29, 1.82) is 0 Å². The number of nitrogens with zero attached hydrogens (tertiary/aromatic N) is 3. The smallest absolute Gasteiger partial charge is 0.389 e. The number of nitrogens with one attached hydrogen (secondary N) is 2. The van der Waals surface area contributed by atoms with E-state index in [0.717, 1.165) is 12.3 Å². The van der Waals surface area contributed by atoms with E-state index in [9.17, 15) is 41.0 Å². The van der Waals surface area contributed by atoms with Crippen LogP contribution in [-0.4, -0.2) is 75.2 Å². The summed E-state index contributed by atoms with van der Waals surface area (Å²) in [6.07, 6.45) is -5.32. The van der Waals surface area contributed by atoms with Crippen LogP contribution in [-0.2, 0) is 6.18 Å².